The van der Waals surface area contributed by atoms with Gasteiger partial charge in [-0.2, -0.15) is 0 Å². The number of benzene rings is 1. The summed E-state index contributed by atoms with van der Waals surface area (Å²) in [5.74, 6) is 0.296. The average molecular weight is 539 g/mol. The van der Waals surface area contributed by atoms with Crippen LogP contribution in [0.25, 0.3) is 16.7 Å². The van der Waals surface area contributed by atoms with Crippen LogP contribution in [0.4, 0.5) is 10.2 Å². The van der Waals surface area contributed by atoms with Crippen molar-refractivity contribution < 1.29 is 9.18 Å². The van der Waals surface area contributed by atoms with Crippen molar-refractivity contribution in [2.45, 2.75) is 26.4 Å². The molecule has 9 nitrogen and oxygen atoms in total. The first-order valence-corrected chi connectivity index (χ1v) is 12.0. The summed E-state index contributed by atoms with van der Waals surface area (Å²) in [5, 5.41) is 11.5. The van der Waals surface area contributed by atoms with E-state index in [1.165, 1.54) is 12.4 Å². The summed E-state index contributed by atoms with van der Waals surface area (Å²) >= 11 is 3.44. The predicted molar refractivity (Wildman–Crippen MR) is 134 cm³/mol. The van der Waals surface area contributed by atoms with Gasteiger partial charge in [0.2, 0.25) is 5.91 Å². The number of pyridine rings is 1. The number of nitrogens with one attached hydrogen (secondary N) is 2. The van der Waals surface area contributed by atoms with Gasteiger partial charge in [0.25, 0.3) is 0 Å². The zero-order valence-electron chi connectivity index (χ0n) is 19.3. The summed E-state index contributed by atoms with van der Waals surface area (Å²) in [6.07, 6.45) is 5.00. The fraction of sp³-hybridized carbons (Fsp3) is 0.292. The number of nitrogens with zero attached hydrogens (tertiary/aromatic N) is 6. The lowest BCUT2D eigenvalue weighted by Gasteiger charge is -2.33. The van der Waals surface area contributed by atoms with E-state index in [0.29, 0.717) is 48.9 Å². The third kappa shape index (κ3) is 4.87. The SMILES string of the molecule is Cc1ccc(-n2cc3c(N4CCN[C@@H](C(=O)NCc5cc(C)c(Br)cn5)C4)ncnc3n2)cc1F. The first kappa shape index (κ1) is 23.3. The lowest BCUT2D eigenvalue weighted by Crippen LogP contribution is -2.57. The fourth-order valence-corrected chi connectivity index (χ4v) is 4.26. The molecule has 35 heavy (non-hydrogen) atoms. The molecule has 1 amide bonds. The summed E-state index contributed by atoms with van der Waals surface area (Å²) in [5.41, 5.74) is 3.54. The highest BCUT2D eigenvalue weighted by molar-refractivity contribution is 9.10. The summed E-state index contributed by atoms with van der Waals surface area (Å²) < 4.78 is 16.6. The number of halogens is 2. The van der Waals surface area contributed by atoms with Crippen molar-refractivity contribution in [2.24, 2.45) is 0 Å². The van der Waals surface area contributed by atoms with E-state index < -0.39 is 6.04 Å². The summed E-state index contributed by atoms with van der Waals surface area (Å²) in [6, 6.07) is 6.51. The molecule has 0 aliphatic carbocycles. The van der Waals surface area contributed by atoms with Crippen LogP contribution in [0.5, 0.6) is 0 Å². The largest absolute Gasteiger partial charge is 0.353 e. The van der Waals surface area contributed by atoms with Crippen molar-refractivity contribution in [2.75, 3.05) is 24.5 Å². The van der Waals surface area contributed by atoms with E-state index in [1.54, 1.807) is 30.1 Å². The van der Waals surface area contributed by atoms with Crippen LogP contribution in [0.1, 0.15) is 16.8 Å². The third-order valence-corrected chi connectivity index (χ3v) is 6.88. The van der Waals surface area contributed by atoms with E-state index in [9.17, 15) is 9.18 Å². The molecule has 2 N–H and O–H groups in total. The van der Waals surface area contributed by atoms with Crippen LogP contribution in [0.3, 0.4) is 0 Å². The lowest BCUT2D eigenvalue weighted by molar-refractivity contribution is -0.123. The highest BCUT2D eigenvalue weighted by Gasteiger charge is 2.27. The Bertz CT molecular complexity index is 1410. The molecule has 0 bridgehead atoms. The van der Waals surface area contributed by atoms with Gasteiger partial charge < -0.3 is 15.5 Å². The Balaban J connectivity index is 1.33. The maximum absolute atomic E-state index is 14.1. The number of fused-ring (bicyclic) bond motifs is 1. The zero-order chi connectivity index (χ0) is 24.5. The third-order valence-electron chi connectivity index (χ3n) is 6.05. The number of hydrogen-bond acceptors (Lipinski definition) is 7. The van der Waals surface area contributed by atoms with Crippen molar-refractivity contribution in [3.8, 4) is 5.69 Å². The molecule has 3 aromatic heterocycles. The molecule has 1 aromatic carbocycles. The van der Waals surface area contributed by atoms with Gasteiger partial charge in [0.1, 0.15) is 24.0 Å². The standard InChI is InChI=1S/C24H24BrFN8O/c1-14-3-4-17(8-20(14)26)34-11-18-22(32-34)30-13-31-23(18)33-6-5-27-21(12-33)24(35)29-9-16-7-15(2)19(25)10-28-16/h3-4,7-8,10-11,13,21,27H,5-6,9,12H2,1-2H3,(H,29,35)/t21-/m1/s1. The molecule has 1 aliphatic rings. The van der Waals surface area contributed by atoms with E-state index in [0.717, 1.165) is 21.1 Å². The Labute approximate surface area is 209 Å². The zero-order valence-corrected chi connectivity index (χ0v) is 20.9. The van der Waals surface area contributed by atoms with Crippen molar-refractivity contribution in [1.29, 1.82) is 0 Å². The summed E-state index contributed by atoms with van der Waals surface area (Å²) in [7, 11) is 0. The van der Waals surface area contributed by atoms with Gasteiger partial charge >= 0.3 is 0 Å². The number of aryl methyl sites for hydroxylation is 2. The molecule has 0 saturated carbocycles. The molecule has 1 aliphatic heterocycles. The number of anilines is 1. The van der Waals surface area contributed by atoms with Crippen molar-refractivity contribution >= 4 is 38.7 Å². The van der Waals surface area contributed by atoms with Gasteiger partial charge in [0, 0.05) is 36.5 Å². The molecule has 1 atom stereocenters. The molecule has 1 fully saturated rings. The van der Waals surface area contributed by atoms with Crippen LogP contribution in [-0.4, -0.2) is 56.3 Å². The summed E-state index contributed by atoms with van der Waals surface area (Å²) in [4.78, 5) is 28.1. The smallest absolute Gasteiger partial charge is 0.239 e. The minimum absolute atomic E-state index is 0.104. The van der Waals surface area contributed by atoms with E-state index >= 15 is 0 Å². The second kappa shape index (κ2) is 9.67. The van der Waals surface area contributed by atoms with Crippen LogP contribution < -0.4 is 15.5 Å². The number of piperazine rings is 1. The minimum Gasteiger partial charge on any atom is -0.353 e. The molecule has 0 spiro atoms. The Hall–Kier alpha value is -3.44. The van der Waals surface area contributed by atoms with Crippen molar-refractivity contribution in [1.82, 2.24) is 35.4 Å². The molecule has 11 heteroatoms. The second-order valence-corrected chi connectivity index (χ2v) is 9.39. The highest BCUT2D eigenvalue weighted by Crippen LogP contribution is 2.25. The van der Waals surface area contributed by atoms with Gasteiger partial charge in [-0.05, 0) is 59.1 Å². The normalized spacial score (nSPS) is 16.0. The molecule has 180 valence electrons. The number of carbonyl (C=O) groups is 1. The van der Waals surface area contributed by atoms with Crippen LogP contribution >= 0.6 is 15.9 Å². The molecular weight excluding hydrogens is 515 g/mol. The van der Waals surface area contributed by atoms with Gasteiger partial charge in [-0.1, -0.05) is 6.07 Å². The summed E-state index contributed by atoms with van der Waals surface area (Å²) in [6.45, 7) is 5.79. The number of aromatic nitrogens is 5. The predicted octanol–water partition coefficient (Wildman–Crippen LogP) is 2.82. The van der Waals surface area contributed by atoms with Gasteiger partial charge in [0.05, 0.1) is 23.3 Å². The lowest BCUT2D eigenvalue weighted by atomic mass is 10.1. The topological polar surface area (TPSA) is 101 Å². The van der Waals surface area contributed by atoms with Gasteiger partial charge in [0.15, 0.2) is 5.65 Å². The van der Waals surface area contributed by atoms with Gasteiger partial charge in [-0.15, -0.1) is 5.10 Å². The van der Waals surface area contributed by atoms with Crippen LogP contribution in [-0.2, 0) is 11.3 Å². The van der Waals surface area contributed by atoms with Crippen LogP contribution in [0.2, 0.25) is 0 Å². The van der Waals surface area contributed by atoms with Crippen molar-refractivity contribution in [3.63, 3.8) is 0 Å². The Morgan fingerprint density at radius 3 is 2.89 bits per heavy atom. The maximum Gasteiger partial charge on any atom is 0.239 e. The minimum atomic E-state index is -0.411. The van der Waals surface area contributed by atoms with Crippen LogP contribution in [0.15, 0.2) is 47.5 Å². The van der Waals surface area contributed by atoms with Gasteiger partial charge in [-0.25, -0.2) is 19.0 Å². The fourth-order valence-electron chi connectivity index (χ4n) is 4.05. The Morgan fingerprint density at radius 1 is 1.23 bits per heavy atom. The first-order chi connectivity index (χ1) is 16.9. The number of carbonyl (C=O) groups excluding carboxylic acids is 1. The highest BCUT2D eigenvalue weighted by atomic mass is 79.9. The molecular formula is C24H24BrFN8O. The number of amides is 1. The second-order valence-electron chi connectivity index (χ2n) is 8.54. The van der Waals surface area contributed by atoms with E-state index in [2.05, 4.69) is 51.5 Å². The number of rotatable bonds is 5. The van der Waals surface area contributed by atoms with E-state index in [-0.39, 0.29) is 11.7 Å². The van der Waals surface area contributed by atoms with Gasteiger partial charge in [-0.3, -0.25) is 9.78 Å². The Morgan fingerprint density at radius 2 is 2.09 bits per heavy atom. The molecule has 4 aromatic rings. The molecule has 0 radical (unpaired) electrons. The molecule has 5 rings (SSSR count). The van der Waals surface area contributed by atoms with E-state index in [4.69, 9.17) is 0 Å². The molecule has 4 heterocycles. The monoisotopic (exact) mass is 538 g/mol. The van der Waals surface area contributed by atoms with E-state index in [1.807, 2.05) is 19.1 Å². The number of hydrogen-bond donors (Lipinski definition) is 2. The Kier molecular flexibility index (Phi) is 6.44. The maximum atomic E-state index is 14.1. The van der Waals surface area contributed by atoms with Crippen LogP contribution in [0, 0.1) is 19.7 Å². The average Bonchev–Trinajstić information content (AvgIpc) is 3.31. The first-order valence-electron chi connectivity index (χ1n) is 11.2. The molecule has 1 saturated heterocycles. The molecule has 0 unspecified atom stereocenters. The van der Waals surface area contributed by atoms with Crippen molar-refractivity contribution in [3.05, 3.63) is 70.1 Å². The quantitative estimate of drug-likeness (QED) is 0.403.